The molecule has 0 saturated heterocycles. The number of hydrogen-bond acceptors (Lipinski definition) is 1. The number of benzene rings is 3. The lowest BCUT2D eigenvalue weighted by molar-refractivity contribution is -0.0498. The zero-order valence-electron chi connectivity index (χ0n) is 16.5. The molecule has 0 radical (unpaired) electrons. The molecule has 0 heterocycles. The molecule has 1 aliphatic carbocycles. The van der Waals surface area contributed by atoms with Crippen molar-refractivity contribution in [3.8, 4) is 17.6 Å². The van der Waals surface area contributed by atoms with E-state index in [4.69, 9.17) is 0 Å². The third-order valence-corrected chi connectivity index (χ3v) is 5.76. The highest BCUT2D eigenvalue weighted by atomic mass is 19.3. The second-order valence-corrected chi connectivity index (χ2v) is 7.59. The van der Waals surface area contributed by atoms with Crippen molar-refractivity contribution >= 4 is 10.8 Å². The van der Waals surface area contributed by atoms with Crippen molar-refractivity contribution in [3.05, 3.63) is 77.4 Å². The molecule has 2 atom stereocenters. The fourth-order valence-corrected chi connectivity index (χ4v) is 4.43. The number of aryl methyl sites for hydroxylation is 1. The van der Waals surface area contributed by atoms with Crippen molar-refractivity contribution in [1.29, 1.82) is 0 Å². The standard InChI is InChI=1S/C26H24F2O/c1-2-5-19-11-16-24-22-7-4-3-6-20(22)12-17-25(24)23(19)15-10-18-8-13-21(14-9-18)29-26(27)28/h3-4,6-9,12-14,17,19,23,26H,2,5,11,16H2,1H3. The number of halogens is 2. The van der Waals surface area contributed by atoms with Crippen molar-refractivity contribution in [2.45, 2.75) is 45.1 Å². The van der Waals surface area contributed by atoms with E-state index in [-0.39, 0.29) is 11.7 Å². The zero-order chi connectivity index (χ0) is 20.2. The summed E-state index contributed by atoms with van der Waals surface area (Å²) in [6.45, 7) is -0.586. The average molecular weight is 390 g/mol. The fraction of sp³-hybridized carbons (Fsp3) is 0.308. The molecule has 0 N–H and O–H groups in total. The Morgan fingerprint density at radius 2 is 1.83 bits per heavy atom. The SMILES string of the molecule is CCCC1CCc2c(ccc3ccccc23)C1C#Cc1ccc(OC(F)F)cc1. The minimum atomic E-state index is -2.81. The zero-order valence-corrected chi connectivity index (χ0v) is 16.5. The number of rotatable bonds is 4. The van der Waals surface area contributed by atoms with E-state index < -0.39 is 6.61 Å². The van der Waals surface area contributed by atoms with Gasteiger partial charge in [0.15, 0.2) is 0 Å². The summed E-state index contributed by atoms with van der Waals surface area (Å²) < 4.78 is 29.1. The van der Waals surface area contributed by atoms with Gasteiger partial charge in [-0.1, -0.05) is 61.6 Å². The monoisotopic (exact) mass is 390 g/mol. The van der Waals surface area contributed by atoms with Crippen molar-refractivity contribution < 1.29 is 13.5 Å². The maximum Gasteiger partial charge on any atom is 0.387 e. The second-order valence-electron chi connectivity index (χ2n) is 7.59. The van der Waals surface area contributed by atoms with Crippen LogP contribution in [0.1, 0.15) is 48.8 Å². The van der Waals surface area contributed by atoms with Crippen LogP contribution < -0.4 is 4.74 Å². The van der Waals surface area contributed by atoms with Crippen LogP contribution in [0.5, 0.6) is 5.75 Å². The summed E-state index contributed by atoms with van der Waals surface area (Å²) in [5.74, 6) is 7.69. The highest BCUT2D eigenvalue weighted by Crippen LogP contribution is 2.41. The van der Waals surface area contributed by atoms with Crippen LogP contribution in [-0.2, 0) is 6.42 Å². The first-order chi connectivity index (χ1) is 14.2. The van der Waals surface area contributed by atoms with Crippen LogP contribution >= 0.6 is 0 Å². The number of alkyl halides is 2. The van der Waals surface area contributed by atoms with Gasteiger partial charge < -0.3 is 4.74 Å². The molecule has 3 aromatic rings. The largest absolute Gasteiger partial charge is 0.435 e. The van der Waals surface area contributed by atoms with Crippen molar-refractivity contribution in [2.24, 2.45) is 5.92 Å². The van der Waals surface area contributed by atoms with Gasteiger partial charge >= 0.3 is 6.61 Å². The lowest BCUT2D eigenvalue weighted by atomic mass is 9.72. The quantitative estimate of drug-likeness (QED) is 0.439. The van der Waals surface area contributed by atoms with E-state index in [2.05, 4.69) is 59.9 Å². The Bertz CT molecular complexity index is 1040. The summed E-state index contributed by atoms with van der Waals surface area (Å²) in [6, 6.07) is 19.6. The Hall–Kier alpha value is -2.86. The molecule has 4 rings (SSSR count). The Morgan fingerprint density at radius 1 is 1.03 bits per heavy atom. The summed E-state index contributed by atoms with van der Waals surface area (Å²) in [7, 11) is 0. The summed E-state index contributed by atoms with van der Waals surface area (Å²) in [6.07, 6.45) is 4.55. The Morgan fingerprint density at radius 3 is 2.59 bits per heavy atom. The lowest BCUT2D eigenvalue weighted by Gasteiger charge is -2.31. The molecular weight excluding hydrogens is 366 g/mol. The highest BCUT2D eigenvalue weighted by Gasteiger charge is 2.28. The average Bonchev–Trinajstić information content (AvgIpc) is 2.73. The van der Waals surface area contributed by atoms with Crippen molar-refractivity contribution in [2.75, 3.05) is 0 Å². The lowest BCUT2D eigenvalue weighted by Crippen LogP contribution is -2.20. The van der Waals surface area contributed by atoms with Crippen molar-refractivity contribution in [1.82, 2.24) is 0 Å². The molecule has 0 aromatic heterocycles. The molecule has 1 aliphatic rings. The Labute approximate surface area is 170 Å². The van der Waals surface area contributed by atoms with Crippen LogP contribution in [0.25, 0.3) is 10.8 Å². The van der Waals surface area contributed by atoms with Gasteiger partial charge in [-0.25, -0.2) is 0 Å². The van der Waals surface area contributed by atoms with Crippen LogP contribution in [0.4, 0.5) is 8.78 Å². The predicted octanol–water partition coefficient (Wildman–Crippen LogP) is 6.94. The summed E-state index contributed by atoms with van der Waals surface area (Å²) in [5, 5.41) is 2.61. The number of fused-ring (bicyclic) bond motifs is 3. The van der Waals surface area contributed by atoms with Gasteiger partial charge in [0.05, 0.1) is 0 Å². The first kappa shape index (κ1) is 19.5. The molecule has 0 amide bonds. The molecule has 0 fully saturated rings. The van der Waals surface area contributed by atoms with E-state index in [9.17, 15) is 8.78 Å². The van der Waals surface area contributed by atoms with Gasteiger partial charge in [-0.15, -0.1) is 0 Å². The predicted molar refractivity (Wildman–Crippen MR) is 113 cm³/mol. The maximum absolute atomic E-state index is 12.3. The van der Waals surface area contributed by atoms with Gasteiger partial charge in [-0.3, -0.25) is 0 Å². The molecule has 2 unspecified atom stereocenters. The molecule has 3 heteroatoms. The van der Waals surface area contributed by atoms with E-state index in [1.807, 2.05) is 0 Å². The first-order valence-electron chi connectivity index (χ1n) is 10.2. The molecule has 0 bridgehead atoms. The topological polar surface area (TPSA) is 9.23 Å². The van der Waals surface area contributed by atoms with E-state index in [0.717, 1.165) is 31.2 Å². The van der Waals surface area contributed by atoms with Crippen LogP contribution in [0.15, 0.2) is 60.7 Å². The molecule has 0 saturated carbocycles. The van der Waals surface area contributed by atoms with E-state index in [0.29, 0.717) is 5.92 Å². The van der Waals surface area contributed by atoms with Gasteiger partial charge in [-0.05, 0) is 71.3 Å². The second kappa shape index (κ2) is 8.66. The summed E-state index contributed by atoms with van der Waals surface area (Å²) in [5.41, 5.74) is 3.59. The molecular formula is C26H24F2O. The minimum Gasteiger partial charge on any atom is -0.435 e. The maximum atomic E-state index is 12.3. The van der Waals surface area contributed by atoms with Crippen LogP contribution in [0.3, 0.4) is 0 Å². The normalized spacial score (nSPS) is 18.2. The van der Waals surface area contributed by atoms with Gasteiger partial charge in [0.2, 0.25) is 0 Å². The number of hydrogen-bond donors (Lipinski definition) is 0. The smallest absolute Gasteiger partial charge is 0.387 e. The fourth-order valence-electron chi connectivity index (χ4n) is 4.43. The molecule has 148 valence electrons. The highest BCUT2D eigenvalue weighted by molar-refractivity contribution is 5.87. The molecule has 0 spiro atoms. The van der Waals surface area contributed by atoms with Gasteiger partial charge in [0.1, 0.15) is 5.75 Å². The minimum absolute atomic E-state index is 0.156. The molecule has 29 heavy (non-hydrogen) atoms. The number of ether oxygens (including phenoxy) is 1. The van der Waals surface area contributed by atoms with Gasteiger partial charge in [-0.2, -0.15) is 8.78 Å². The van der Waals surface area contributed by atoms with Gasteiger partial charge in [0.25, 0.3) is 0 Å². The molecule has 3 aromatic carbocycles. The molecule has 0 aliphatic heterocycles. The Balaban J connectivity index is 1.68. The van der Waals surface area contributed by atoms with Crippen molar-refractivity contribution in [3.63, 3.8) is 0 Å². The summed E-state index contributed by atoms with van der Waals surface area (Å²) >= 11 is 0. The van der Waals surface area contributed by atoms with Crippen LogP contribution in [0, 0.1) is 17.8 Å². The Kier molecular flexibility index (Phi) is 5.81. The third-order valence-electron chi connectivity index (χ3n) is 5.76. The van der Waals surface area contributed by atoms with Gasteiger partial charge in [0, 0.05) is 11.5 Å². The molecule has 1 nitrogen and oxygen atoms in total. The van der Waals surface area contributed by atoms with E-state index in [1.165, 1.54) is 21.9 Å². The van der Waals surface area contributed by atoms with Crippen LogP contribution in [-0.4, -0.2) is 6.61 Å². The summed E-state index contributed by atoms with van der Waals surface area (Å²) in [4.78, 5) is 0. The van der Waals surface area contributed by atoms with Crippen LogP contribution in [0.2, 0.25) is 0 Å². The first-order valence-corrected chi connectivity index (χ1v) is 10.2. The third kappa shape index (κ3) is 4.27. The van der Waals surface area contributed by atoms with E-state index >= 15 is 0 Å². The van der Waals surface area contributed by atoms with E-state index in [1.54, 1.807) is 24.3 Å².